The summed E-state index contributed by atoms with van der Waals surface area (Å²) in [4.78, 5) is 25.2. The second-order valence-electron chi connectivity index (χ2n) is 10.5. The molecule has 1 unspecified atom stereocenters. The summed E-state index contributed by atoms with van der Waals surface area (Å²) < 4.78 is 13.1. The molecular formula is C29H38FN3O2. The van der Waals surface area contributed by atoms with E-state index in [1.807, 2.05) is 19.1 Å². The van der Waals surface area contributed by atoms with Gasteiger partial charge < -0.3 is 16.4 Å². The minimum atomic E-state index is -0.378. The average molecular weight is 480 g/mol. The number of halogens is 1. The topological polar surface area (TPSA) is 84.2 Å². The fourth-order valence-corrected chi connectivity index (χ4v) is 5.58. The highest BCUT2D eigenvalue weighted by molar-refractivity contribution is 6.04. The molecule has 2 fully saturated rings. The molecular weight excluding hydrogens is 441 g/mol. The molecule has 2 aromatic carbocycles. The summed E-state index contributed by atoms with van der Waals surface area (Å²) in [6, 6.07) is 13.4. The lowest BCUT2D eigenvalue weighted by Gasteiger charge is -2.34. The van der Waals surface area contributed by atoms with Crippen molar-refractivity contribution in [3.05, 3.63) is 65.5 Å². The van der Waals surface area contributed by atoms with Crippen LogP contribution in [0.5, 0.6) is 0 Å². The quantitative estimate of drug-likeness (QED) is 0.472. The van der Waals surface area contributed by atoms with Gasteiger partial charge in [0.25, 0.3) is 5.91 Å². The van der Waals surface area contributed by atoms with Crippen molar-refractivity contribution in [2.45, 2.75) is 82.7 Å². The van der Waals surface area contributed by atoms with Gasteiger partial charge in [0.05, 0.1) is 5.92 Å². The second-order valence-corrected chi connectivity index (χ2v) is 10.5. The van der Waals surface area contributed by atoms with Crippen LogP contribution in [0, 0.1) is 17.7 Å². The number of hydrogen-bond acceptors (Lipinski definition) is 3. The number of carbonyl (C=O) groups is 2. The van der Waals surface area contributed by atoms with Crippen molar-refractivity contribution >= 4 is 17.5 Å². The standard InChI is InChI=1S/C29H38FN3O2/c1-19(22-8-16-27(17-9-22)33-29(35)23-6-10-24(30)11-7-23)28(34)32-26-14-4-21(5-15-26)18-20-2-12-25(31)13-3-20/h6-11,16-17,19-21,25-26H,2-5,12-15,18,31H2,1H3,(H,32,34)(H,33,35). The predicted molar refractivity (Wildman–Crippen MR) is 138 cm³/mol. The SMILES string of the molecule is CC(C(=O)NC1CCC(CC2CCC(N)CC2)CC1)c1ccc(NC(=O)c2ccc(F)cc2)cc1. The van der Waals surface area contributed by atoms with E-state index in [2.05, 4.69) is 10.6 Å². The zero-order chi connectivity index (χ0) is 24.8. The first-order valence-electron chi connectivity index (χ1n) is 13.1. The van der Waals surface area contributed by atoms with Crippen LogP contribution >= 0.6 is 0 Å². The molecule has 2 saturated carbocycles. The highest BCUT2D eigenvalue weighted by Crippen LogP contribution is 2.35. The van der Waals surface area contributed by atoms with Gasteiger partial charge in [-0.05, 0) is 119 Å². The summed E-state index contributed by atoms with van der Waals surface area (Å²) in [5.41, 5.74) is 7.98. The molecule has 2 aromatic rings. The third-order valence-corrected chi connectivity index (χ3v) is 7.92. The first kappa shape index (κ1) is 25.4. The summed E-state index contributed by atoms with van der Waals surface area (Å²) in [6.07, 6.45) is 10.8. The molecule has 0 bridgehead atoms. The van der Waals surface area contributed by atoms with Crippen molar-refractivity contribution in [3.8, 4) is 0 Å². The molecule has 2 aliphatic carbocycles. The molecule has 0 aliphatic heterocycles. The van der Waals surface area contributed by atoms with Crippen molar-refractivity contribution in [3.63, 3.8) is 0 Å². The Morgan fingerprint density at radius 2 is 1.46 bits per heavy atom. The highest BCUT2D eigenvalue weighted by Gasteiger charge is 2.27. The zero-order valence-electron chi connectivity index (χ0n) is 20.6. The predicted octanol–water partition coefficient (Wildman–Crippen LogP) is 5.76. The smallest absolute Gasteiger partial charge is 0.255 e. The maximum absolute atomic E-state index is 13.1. The Kier molecular flexibility index (Phi) is 8.55. The number of anilines is 1. The van der Waals surface area contributed by atoms with Crippen molar-refractivity contribution < 1.29 is 14.0 Å². The molecule has 0 saturated heterocycles. The van der Waals surface area contributed by atoms with E-state index in [4.69, 9.17) is 5.73 Å². The number of hydrogen-bond donors (Lipinski definition) is 3. The molecule has 0 aromatic heterocycles. The summed E-state index contributed by atoms with van der Waals surface area (Å²) in [5, 5.41) is 6.07. The van der Waals surface area contributed by atoms with E-state index in [0.29, 0.717) is 17.3 Å². The van der Waals surface area contributed by atoms with Crippen LogP contribution in [0.15, 0.2) is 48.5 Å². The minimum absolute atomic E-state index is 0.0535. The van der Waals surface area contributed by atoms with Gasteiger partial charge in [-0.15, -0.1) is 0 Å². The fraction of sp³-hybridized carbons (Fsp3) is 0.517. The molecule has 4 N–H and O–H groups in total. The average Bonchev–Trinajstić information content (AvgIpc) is 2.87. The van der Waals surface area contributed by atoms with Gasteiger partial charge in [-0.3, -0.25) is 9.59 Å². The molecule has 0 heterocycles. The van der Waals surface area contributed by atoms with Crippen molar-refractivity contribution in [2.24, 2.45) is 17.6 Å². The number of carbonyl (C=O) groups excluding carboxylic acids is 2. The minimum Gasteiger partial charge on any atom is -0.353 e. The van der Waals surface area contributed by atoms with Gasteiger partial charge >= 0.3 is 0 Å². The Bertz CT molecular complexity index is 976. The first-order chi connectivity index (χ1) is 16.9. The van der Waals surface area contributed by atoms with Gasteiger partial charge in [-0.25, -0.2) is 4.39 Å². The Morgan fingerprint density at radius 3 is 2.06 bits per heavy atom. The fourth-order valence-electron chi connectivity index (χ4n) is 5.58. The van der Waals surface area contributed by atoms with Gasteiger partial charge in [0.2, 0.25) is 5.91 Å². The molecule has 2 amide bonds. The molecule has 6 heteroatoms. The first-order valence-corrected chi connectivity index (χ1v) is 13.1. The summed E-state index contributed by atoms with van der Waals surface area (Å²) in [7, 11) is 0. The van der Waals surface area contributed by atoms with E-state index in [0.717, 1.165) is 30.2 Å². The van der Waals surface area contributed by atoms with Crippen molar-refractivity contribution in [1.29, 1.82) is 0 Å². The third kappa shape index (κ3) is 7.14. The lowest BCUT2D eigenvalue weighted by atomic mass is 9.76. The number of nitrogens with one attached hydrogen (secondary N) is 2. The van der Waals surface area contributed by atoms with Gasteiger partial charge in [0, 0.05) is 23.3 Å². The molecule has 1 atom stereocenters. The van der Waals surface area contributed by atoms with Crippen LogP contribution in [0.25, 0.3) is 0 Å². The lowest BCUT2D eigenvalue weighted by Crippen LogP contribution is -2.40. The van der Waals surface area contributed by atoms with Gasteiger partial charge in [0.1, 0.15) is 5.82 Å². The highest BCUT2D eigenvalue weighted by atomic mass is 19.1. The normalized spacial score (nSPS) is 25.5. The van der Waals surface area contributed by atoms with E-state index in [1.165, 1.54) is 69.2 Å². The molecule has 5 nitrogen and oxygen atoms in total. The lowest BCUT2D eigenvalue weighted by molar-refractivity contribution is -0.123. The number of rotatable bonds is 7. The Morgan fingerprint density at radius 1 is 0.886 bits per heavy atom. The van der Waals surface area contributed by atoms with Gasteiger partial charge in [-0.2, -0.15) is 0 Å². The zero-order valence-corrected chi connectivity index (χ0v) is 20.6. The van der Waals surface area contributed by atoms with Crippen LogP contribution in [0.3, 0.4) is 0 Å². The van der Waals surface area contributed by atoms with Crippen molar-refractivity contribution in [2.75, 3.05) is 5.32 Å². The van der Waals surface area contributed by atoms with Crippen LogP contribution in [0.2, 0.25) is 0 Å². The van der Waals surface area contributed by atoms with Crippen LogP contribution in [0.1, 0.15) is 86.6 Å². The second kappa shape index (κ2) is 11.8. The maximum atomic E-state index is 13.1. The number of benzene rings is 2. The largest absolute Gasteiger partial charge is 0.353 e. The van der Waals surface area contributed by atoms with Crippen LogP contribution in [-0.2, 0) is 4.79 Å². The summed E-state index contributed by atoms with van der Waals surface area (Å²) >= 11 is 0. The molecule has 2 aliphatic rings. The third-order valence-electron chi connectivity index (χ3n) is 7.92. The van der Waals surface area contributed by atoms with E-state index >= 15 is 0 Å². The van der Waals surface area contributed by atoms with E-state index < -0.39 is 0 Å². The molecule has 0 radical (unpaired) electrons. The molecule has 188 valence electrons. The Balaban J connectivity index is 1.21. The van der Waals surface area contributed by atoms with Gasteiger partial charge in [-0.1, -0.05) is 12.1 Å². The number of nitrogens with two attached hydrogens (primary N) is 1. The van der Waals surface area contributed by atoms with Gasteiger partial charge in [0.15, 0.2) is 0 Å². The molecule has 35 heavy (non-hydrogen) atoms. The van der Waals surface area contributed by atoms with E-state index in [1.54, 1.807) is 12.1 Å². The van der Waals surface area contributed by atoms with E-state index in [-0.39, 0.29) is 29.6 Å². The maximum Gasteiger partial charge on any atom is 0.255 e. The molecule has 0 spiro atoms. The van der Waals surface area contributed by atoms with Crippen LogP contribution in [-0.4, -0.2) is 23.9 Å². The summed E-state index contributed by atoms with van der Waals surface area (Å²) in [5.74, 6) is 0.744. The number of amides is 2. The summed E-state index contributed by atoms with van der Waals surface area (Å²) in [6.45, 7) is 1.92. The van der Waals surface area contributed by atoms with Crippen LogP contribution in [0.4, 0.5) is 10.1 Å². The monoisotopic (exact) mass is 479 g/mol. The van der Waals surface area contributed by atoms with Crippen LogP contribution < -0.4 is 16.4 Å². The van der Waals surface area contributed by atoms with Crippen molar-refractivity contribution in [1.82, 2.24) is 5.32 Å². The Labute approximate surface area is 208 Å². The molecule has 4 rings (SSSR count). The Hall–Kier alpha value is -2.73. The van der Waals surface area contributed by atoms with E-state index in [9.17, 15) is 14.0 Å².